The van der Waals surface area contributed by atoms with Crippen LogP contribution >= 0.6 is 12.6 Å². The van der Waals surface area contributed by atoms with Crippen LogP contribution < -0.4 is 5.32 Å². The highest BCUT2D eigenvalue weighted by molar-refractivity contribution is 7.85. The van der Waals surface area contributed by atoms with Crippen LogP contribution in [0.25, 0.3) is 11.3 Å². The molecule has 1 aliphatic rings. The molecular formula is C25H31NS. The third-order valence-corrected chi connectivity index (χ3v) is 5.86. The summed E-state index contributed by atoms with van der Waals surface area (Å²) in [7, 11) is 1.99. The van der Waals surface area contributed by atoms with E-state index in [0.717, 1.165) is 34.9 Å². The average Bonchev–Trinajstić information content (AvgIpc) is 3.50. The summed E-state index contributed by atoms with van der Waals surface area (Å²) in [4.78, 5) is 0.788. The minimum Gasteiger partial charge on any atom is -0.387 e. The van der Waals surface area contributed by atoms with Crippen LogP contribution in [0.2, 0.25) is 0 Å². The zero-order chi connectivity index (χ0) is 19.6. The van der Waals surface area contributed by atoms with E-state index in [1.54, 1.807) is 0 Å². The number of allylic oxidation sites excluding steroid dienone is 1. The van der Waals surface area contributed by atoms with E-state index in [1.807, 2.05) is 7.05 Å². The number of rotatable bonds is 7. The summed E-state index contributed by atoms with van der Waals surface area (Å²) in [6, 6.07) is 13.6. The van der Waals surface area contributed by atoms with Crippen molar-refractivity contribution in [1.82, 2.24) is 5.32 Å². The van der Waals surface area contributed by atoms with Crippen molar-refractivity contribution < 1.29 is 0 Å². The first kappa shape index (κ1) is 19.8. The van der Waals surface area contributed by atoms with Gasteiger partial charge in [-0.2, -0.15) is 0 Å². The third kappa shape index (κ3) is 4.16. The molecule has 0 atom stereocenters. The lowest BCUT2D eigenvalue weighted by molar-refractivity contribution is 1.02. The monoisotopic (exact) mass is 377 g/mol. The fourth-order valence-electron chi connectivity index (χ4n) is 3.96. The summed E-state index contributed by atoms with van der Waals surface area (Å²) >= 11 is 4.66. The van der Waals surface area contributed by atoms with Gasteiger partial charge in [0.1, 0.15) is 0 Å². The Balaban J connectivity index is 2.16. The van der Waals surface area contributed by atoms with Crippen molar-refractivity contribution in [3.05, 3.63) is 81.3 Å². The van der Waals surface area contributed by atoms with E-state index in [4.69, 9.17) is 0 Å². The quantitative estimate of drug-likeness (QED) is 0.318. The SMILES string of the molecule is C=C(S)/C(=C(\NC)c1ccc(CC)c(C2CC2)c1)c1ccc(CC)c(C)c1. The van der Waals surface area contributed by atoms with Gasteiger partial charge in [-0.05, 0) is 78.0 Å². The minimum atomic E-state index is 0.742. The third-order valence-electron chi connectivity index (χ3n) is 5.63. The molecule has 3 rings (SSSR count). The topological polar surface area (TPSA) is 12.0 Å². The molecule has 0 unspecified atom stereocenters. The molecule has 1 nitrogen and oxygen atoms in total. The smallest absolute Gasteiger partial charge is 0.0502 e. The summed E-state index contributed by atoms with van der Waals surface area (Å²) < 4.78 is 0. The highest BCUT2D eigenvalue weighted by Gasteiger charge is 2.26. The van der Waals surface area contributed by atoms with Gasteiger partial charge in [0.25, 0.3) is 0 Å². The normalized spacial score (nSPS) is 14.7. The largest absolute Gasteiger partial charge is 0.387 e. The lowest BCUT2D eigenvalue weighted by Crippen LogP contribution is -2.09. The molecule has 2 aromatic rings. The second-order valence-electron chi connectivity index (χ2n) is 7.48. The number of aryl methyl sites for hydroxylation is 3. The van der Waals surface area contributed by atoms with E-state index in [2.05, 4.69) is 81.7 Å². The van der Waals surface area contributed by atoms with Gasteiger partial charge in [-0.15, -0.1) is 12.6 Å². The first-order valence-electron chi connectivity index (χ1n) is 10.0. The molecule has 27 heavy (non-hydrogen) atoms. The van der Waals surface area contributed by atoms with Gasteiger partial charge in [-0.3, -0.25) is 0 Å². The predicted molar refractivity (Wildman–Crippen MR) is 122 cm³/mol. The molecule has 0 bridgehead atoms. The lowest BCUT2D eigenvalue weighted by Gasteiger charge is -2.19. The van der Waals surface area contributed by atoms with Crippen molar-refractivity contribution >= 4 is 23.9 Å². The van der Waals surface area contributed by atoms with E-state index in [-0.39, 0.29) is 0 Å². The van der Waals surface area contributed by atoms with Gasteiger partial charge in [0.2, 0.25) is 0 Å². The number of nitrogens with one attached hydrogen (secondary N) is 1. The Hall–Kier alpha value is -1.93. The summed E-state index contributed by atoms with van der Waals surface area (Å²) in [5.74, 6) is 0.742. The van der Waals surface area contributed by atoms with E-state index < -0.39 is 0 Å². The van der Waals surface area contributed by atoms with Crippen molar-refractivity contribution in [1.29, 1.82) is 0 Å². The van der Waals surface area contributed by atoms with Crippen molar-refractivity contribution in [2.45, 2.75) is 52.4 Å². The molecule has 142 valence electrons. The maximum absolute atomic E-state index is 4.66. The van der Waals surface area contributed by atoms with Crippen molar-refractivity contribution in [3.8, 4) is 0 Å². The molecule has 0 aromatic heterocycles. The zero-order valence-corrected chi connectivity index (χ0v) is 17.9. The maximum Gasteiger partial charge on any atom is 0.0502 e. The number of hydrogen-bond acceptors (Lipinski definition) is 2. The molecular weight excluding hydrogens is 346 g/mol. The summed E-state index contributed by atoms with van der Waals surface area (Å²) in [6.45, 7) is 10.8. The first-order valence-corrected chi connectivity index (χ1v) is 10.5. The number of benzene rings is 2. The fourth-order valence-corrected chi connectivity index (χ4v) is 4.20. The summed E-state index contributed by atoms with van der Waals surface area (Å²) in [5.41, 5.74) is 10.3. The Morgan fingerprint density at radius 2 is 1.67 bits per heavy atom. The van der Waals surface area contributed by atoms with Gasteiger partial charge in [0.05, 0.1) is 5.70 Å². The number of thiol groups is 1. The Kier molecular flexibility index (Phi) is 6.16. The van der Waals surface area contributed by atoms with Crippen LogP contribution in [-0.4, -0.2) is 7.05 Å². The molecule has 1 saturated carbocycles. The minimum absolute atomic E-state index is 0.742. The summed E-state index contributed by atoms with van der Waals surface area (Å²) in [5, 5.41) is 3.44. The number of hydrogen-bond donors (Lipinski definition) is 2. The van der Waals surface area contributed by atoms with E-state index >= 15 is 0 Å². The van der Waals surface area contributed by atoms with Crippen molar-refractivity contribution in [2.75, 3.05) is 7.05 Å². The van der Waals surface area contributed by atoms with E-state index in [1.165, 1.54) is 46.2 Å². The van der Waals surface area contributed by atoms with Crippen LogP contribution in [0.5, 0.6) is 0 Å². The molecule has 0 radical (unpaired) electrons. The predicted octanol–water partition coefficient (Wildman–Crippen LogP) is 6.53. The van der Waals surface area contributed by atoms with Gasteiger partial charge in [0.15, 0.2) is 0 Å². The van der Waals surface area contributed by atoms with Crippen LogP contribution in [0.1, 0.15) is 66.0 Å². The van der Waals surface area contributed by atoms with Gasteiger partial charge in [-0.1, -0.05) is 50.8 Å². The molecule has 1 fully saturated rings. The molecule has 0 amide bonds. The van der Waals surface area contributed by atoms with Gasteiger partial charge >= 0.3 is 0 Å². The fraction of sp³-hybridized carbons (Fsp3) is 0.360. The van der Waals surface area contributed by atoms with Crippen molar-refractivity contribution in [2.24, 2.45) is 0 Å². The Morgan fingerprint density at radius 3 is 2.19 bits per heavy atom. The van der Waals surface area contributed by atoms with Gasteiger partial charge in [-0.25, -0.2) is 0 Å². The summed E-state index contributed by atoms with van der Waals surface area (Å²) in [6.07, 6.45) is 4.78. The molecule has 0 saturated heterocycles. The Morgan fingerprint density at radius 1 is 1.04 bits per heavy atom. The van der Waals surface area contributed by atoms with Crippen LogP contribution in [0.15, 0.2) is 47.9 Å². The maximum atomic E-state index is 4.66. The van der Waals surface area contributed by atoms with Crippen LogP contribution in [0, 0.1) is 6.92 Å². The molecule has 0 spiro atoms. The van der Waals surface area contributed by atoms with Crippen LogP contribution in [0.3, 0.4) is 0 Å². The second kappa shape index (κ2) is 8.39. The van der Waals surface area contributed by atoms with Crippen LogP contribution in [0.4, 0.5) is 0 Å². The van der Waals surface area contributed by atoms with E-state index in [0.29, 0.717) is 0 Å². The lowest BCUT2D eigenvalue weighted by atomic mass is 9.92. The standard InChI is InChI=1S/C25H31NS/c1-6-18-8-12-21(14-16(18)3)24(17(4)27)25(26-5)22-13-9-19(7-2)23(15-22)20-10-11-20/h8-9,12-15,20,26-27H,4,6-7,10-11H2,1-3,5H3/b25-24+. The molecule has 0 aliphatic heterocycles. The Labute approximate surface area is 170 Å². The molecule has 2 aromatic carbocycles. The average molecular weight is 378 g/mol. The van der Waals surface area contributed by atoms with Crippen LogP contribution in [-0.2, 0) is 12.8 Å². The molecule has 0 heterocycles. The molecule has 1 N–H and O–H groups in total. The van der Waals surface area contributed by atoms with Gasteiger partial charge < -0.3 is 5.32 Å². The highest BCUT2D eigenvalue weighted by atomic mass is 32.1. The highest BCUT2D eigenvalue weighted by Crippen LogP contribution is 2.43. The molecule has 2 heteroatoms. The Bertz CT molecular complexity index is 887. The van der Waals surface area contributed by atoms with E-state index in [9.17, 15) is 0 Å². The molecule has 1 aliphatic carbocycles. The second-order valence-corrected chi connectivity index (χ2v) is 8.02. The first-order chi connectivity index (χ1) is 13.0. The van der Waals surface area contributed by atoms with Gasteiger partial charge in [0, 0.05) is 17.5 Å². The zero-order valence-electron chi connectivity index (χ0n) is 17.0. The van der Waals surface area contributed by atoms with Crippen molar-refractivity contribution in [3.63, 3.8) is 0 Å².